The Bertz CT molecular complexity index is 488. The Morgan fingerprint density at radius 1 is 1.31 bits per heavy atom. The first-order chi connectivity index (χ1) is 7.65. The molecule has 0 aliphatic carbocycles. The summed E-state index contributed by atoms with van der Waals surface area (Å²) in [6, 6.07) is 7.96. The Balaban J connectivity index is 2.05. The molecule has 4 heteroatoms. The van der Waals surface area contributed by atoms with Gasteiger partial charge in [-0.1, -0.05) is 12.1 Å². The Hall–Kier alpha value is -1.84. The Kier molecular flexibility index (Phi) is 2.90. The number of rotatable bonds is 3. The van der Waals surface area contributed by atoms with Crippen LogP contribution in [0.25, 0.3) is 0 Å². The van der Waals surface area contributed by atoms with Gasteiger partial charge in [-0.15, -0.1) is 0 Å². The number of aryl methyl sites for hydroxylation is 4. The van der Waals surface area contributed by atoms with Crippen molar-refractivity contribution < 1.29 is 0 Å². The van der Waals surface area contributed by atoms with Crippen LogP contribution in [0.5, 0.6) is 0 Å². The predicted molar refractivity (Wildman–Crippen MR) is 64.0 cm³/mol. The van der Waals surface area contributed by atoms with Crippen LogP contribution in [0.2, 0.25) is 0 Å². The number of nitrogens with two attached hydrogens (primary N) is 1. The zero-order valence-electron chi connectivity index (χ0n) is 9.64. The maximum atomic E-state index is 5.73. The fourth-order valence-corrected chi connectivity index (χ4v) is 1.78. The summed E-state index contributed by atoms with van der Waals surface area (Å²) in [5.41, 5.74) is 7.78. The summed E-state index contributed by atoms with van der Waals surface area (Å²) >= 11 is 0. The second kappa shape index (κ2) is 4.35. The number of hydrogen-bond acceptors (Lipinski definition) is 3. The number of benzene rings is 1. The average Bonchev–Trinajstić information content (AvgIpc) is 2.54. The van der Waals surface area contributed by atoms with Crippen molar-refractivity contribution >= 4 is 5.69 Å². The highest BCUT2D eigenvalue weighted by atomic mass is 15.3. The maximum Gasteiger partial charge on any atom is 0.147 e. The van der Waals surface area contributed by atoms with Gasteiger partial charge in [0.1, 0.15) is 11.6 Å². The second-order valence-electron chi connectivity index (χ2n) is 3.94. The maximum absolute atomic E-state index is 5.73. The summed E-state index contributed by atoms with van der Waals surface area (Å²) in [7, 11) is 1.93. The molecule has 1 heterocycles. The minimum absolute atomic E-state index is 0.812. The predicted octanol–water partition coefficient (Wildman–Crippen LogP) is 1.49. The molecule has 4 nitrogen and oxygen atoms in total. The molecule has 1 aromatic heterocycles. The summed E-state index contributed by atoms with van der Waals surface area (Å²) in [5.74, 6) is 1.84. The molecule has 16 heavy (non-hydrogen) atoms. The molecule has 0 saturated carbocycles. The number of nitrogen functional groups attached to an aromatic ring is 1. The molecule has 0 fully saturated rings. The lowest BCUT2D eigenvalue weighted by Crippen LogP contribution is -2.01. The molecule has 0 amide bonds. The molecule has 2 rings (SSSR count). The van der Waals surface area contributed by atoms with Crippen molar-refractivity contribution in [3.63, 3.8) is 0 Å². The Morgan fingerprint density at radius 2 is 2.12 bits per heavy atom. The van der Waals surface area contributed by atoms with Gasteiger partial charge in [0, 0.05) is 19.2 Å². The molecule has 0 aliphatic heterocycles. The van der Waals surface area contributed by atoms with E-state index in [-0.39, 0.29) is 0 Å². The highest BCUT2D eigenvalue weighted by molar-refractivity contribution is 5.40. The van der Waals surface area contributed by atoms with Crippen molar-refractivity contribution in [2.24, 2.45) is 7.05 Å². The lowest BCUT2D eigenvalue weighted by atomic mass is 10.1. The Labute approximate surface area is 95.1 Å². The van der Waals surface area contributed by atoms with Crippen molar-refractivity contribution in [1.29, 1.82) is 0 Å². The lowest BCUT2D eigenvalue weighted by Gasteiger charge is -2.02. The third-order valence-corrected chi connectivity index (χ3v) is 2.55. The van der Waals surface area contributed by atoms with Gasteiger partial charge in [0.05, 0.1) is 0 Å². The normalized spacial score (nSPS) is 10.6. The highest BCUT2D eigenvalue weighted by Gasteiger charge is 2.04. The van der Waals surface area contributed by atoms with Gasteiger partial charge in [-0.05, 0) is 31.0 Å². The van der Waals surface area contributed by atoms with E-state index in [2.05, 4.69) is 16.1 Å². The second-order valence-corrected chi connectivity index (χ2v) is 3.94. The van der Waals surface area contributed by atoms with Crippen molar-refractivity contribution in [3.8, 4) is 0 Å². The van der Waals surface area contributed by atoms with Gasteiger partial charge in [-0.3, -0.25) is 4.68 Å². The van der Waals surface area contributed by atoms with E-state index in [1.807, 2.05) is 36.9 Å². The fourth-order valence-electron chi connectivity index (χ4n) is 1.78. The largest absolute Gasteiger partial charge is 0.399 e. The summed E-state index contributed by atoms with van der Waals surface area (Å²) in [6.07, 6.45) is 1.83. The first-order valence-electron chi connectivity index (χ1n) is 5.36. The van der Waals surface area contributed by atoms with Crippen LogP contribution < -0.4 is 5.73 Å². The molecule has 0 saturated heterocycles. The molecule has 84 valence electrons. The molecule has 0 unspecified atom stereocenters. The summed E-state index contributed by atoms with van der Waals surface area (Å²) < 4.78 is 1.83. The van der Waals surface area contributed by atoms with Crippen LogP contribution in [0, 0.1) is 6.92 Å². The van der Waals surface area contributed by atoms with Crippen molar-refractivity contribution in [3.05, 3.63) is 41.5 Å². The average molecular weight is 216 g/mol. The zero-order valence-corrected chi connectivity index (χ0v) is 9.64. The van der Waals surface area contributed by atoms with Crippen LogP contribution in [0.3, 0.4) is 0 Å². The van der Waals surface area contributed by atoms with Crippen LogP contribution in [0.15, 0.2) is 24.3 Å². The third kappa shape index (κ3) is 2.39. The quantitative estimate of drug-likeness (QED) is 0.791. The molecular formula is C12H16N4. The van der Waals surface area contributed by atoms with Crippen LogP contribution >= 0.6 is 0 Å². The van der Waals surface area contributed by atoms with Gasteiger partial charge < -0.3 is 5.73 Å². The number of nitrogens with zero attached hydrogens (tertiary/aromatic N) is 3. The summed E-state index contributed by atoms with van der Waals surface area (Å²) in [5, 5.41) is 4.22. The van der Waals surface area contributed by atoms with E-state index < -0.39 is 0 Å². The van der Waals surface area contributed by atoms with E-state index in [9.17, 15) is 0 Å². The van der Waals surface area contributed by atoms with E-state index in [1.54, 1.807) is 0 Å². The fraction of sp³-hybridized carbons (Fsp3) is 0.333. The summed E-state index contributed by atoms with van der Waals surface area (Å²) in [4.78, 5) is 4.37. The molecule has 0 atom stereocenters. The Morgan fingerprint density at radius 3 is 2.75 bits per heavy atom. The number of aromatic nitrogens is 3. The topological polar surface area (TPSA) is 56.7 Å². The van der Waals surface area contributed by atoms with Crippen molar-refractivity contribution in [2.75, 3.05) is 5.73 Å². The first kappa shape index (κ1) is 10.7. The molecule has 0 radical (unpaired) electrons. The molecule has 1 aromatic carbocycles. The van der Waals surface area contributed by atoms with Gasteiger partial charge in [-0.25, -0.2) is 4.98 Å². The van der Waals surface area contributed by atoms with E-state index in [4.69, 9.17) is 5.73 Å². The zero-order chi connectivity index (χ0) is 11.5. The number of anilines is 1. The van der Waals surface area contributed by atoms with Crippen LogP contribution in [-0.4, -0.2) is 14.8 Å². The monoisotopic (exact) mass is 216 g/mol. The lowest BCUT2D eigenvalue weighted by molar-refractivity contribution is 0.690. The molecule has 2 N–H and O–H groups in total. The van der Waals surface area contributed by atoms with Gasteiger partial charge >= 0.3 is 0 Å². The smallest absolute Gasteiger partial charge is 0.147 e. The van der Waals surface area contributed by atoms with Gasteiger partial charge in [0.15, 0.2) is 0 Å². The molecule has 0 bridgehead atoms. The van der Waals surface area contributed by atoms with Gasteiger partial charge in [0.25, 0.3) is 0 Å². The van der Waals surface area contributed by atoms with E-state index in [0.717, 1.165) is 30.2 Å². The molecule has 0 aliphatic rings. The minimum Gasteiger partial charge on any atom is -0.399 e. The third-order valence-electron chi connectivity index (χ3n) is 2.55. The highest BCUT2D eigenvalue weighted by Crippen LogP contribution is 2.09. The van der Waals surface area contributed by atoms with Crippen molar-refractivity contribution in [2.45, 2.75) is 19.8 Å². The van der Waals surface area contributed by atoms with Gasteiger partial charge in [0.2, 0.25) is 0 Å². The van der Waals surface area contributed by atoms with Crippen molar-refractivity contribution in [1.82, 2.24) is 14.8 Å². The summed E-state index contributed by atoms with van der Waals surface area (Å²) in [6.45, 7) is 1.91. The first-order valence-corrected chi connectivity index (χ1v) is 5.36. The standard InChI is InChI=1S/C12H16N4/c1-9-14-12(16(2)15-9)7-6-10-4-3-5-11(13)8-10/h3-5,8H,6-7,13H2,1-2H3. The SMILES string of the molecule is Cc1nc(CCc2cccc(N)c2)n(C)n1. The van der Waals surface area contributed by atoms with Crippen LogP contribution in [-0.2, 0) is 19.9 Å². The van der Waals surface area contributed by atoms with Crippen LogP contribution in [0.1, 0.15) is 17.2 Å². The van der Waals surface area contributed by atoms with Gasteiger partial charge in [-0.2, -0.15) is 5.10 Å². The van der Waals surface area contributed by atoms with Crippen LogP contribution in [0.4, 0.5) is 5.69 Å². The molecular weight excluding hydrogens is 200 g/mol. The molecule has 0 spiro atoms. The van der Waals surface area contributed by atoms with E-state index >= 15 is 0 Å². The number of hydrogen-bond donors (Lipinski definition) is 1. The van der Waals surface area contributed by atoms with E-state index in [1.165, 1.54) is 5.56 Å². The van der Waals surface area contributed by atoms with E-state index in [0.29, 0.717) is 0 Å². The molecule has 2 aromatic rings. The minimum atomic E-state index is 0.812.